The number of para-hydroxylation sites is 3. The molecule has 67 heavy (non-hydrogen) atoms. The van der Waals surface area contributed by atoms with Crippen LogP contribution in [0.2, 0.25) is 0 Å². The Kier molecular flexibility index (Phi) is 8.91. The lowest BCUT2D eigenvalue weighted by molar-refractivity contribution is 0.662. The van der Waals surface area contributed by atoms with E-state index in [2.05, 4.69) is 249 Å². The van der Waals surface area contributed by atoms with Crippen LogP contribution in [-0.4, -0.2) is 0 Å². The van der Waals surface area contributed by atoms with Crippen LogP contribution in [0.1, 0.15) is 25.0 Å². The van der Waals surface area contributed by atoms with Gasteiger partial charge in [0.15, 0.2) is 0 Å². The molecule has 1 aliphatic rings. The first-order chi connectivity index (χ1) is 33.0. The number of hydrogen-bond donors (Lipinski definition) is 0. The number of nitrogens with zero attached hydrogens (tertiary/aromatic N) is 1. The molecule has 0 atom stereocenters. The maximum atomic E-state index is 6.75. The summed E-state index contributed by atoms with van der Waals surface area (Å²) < 4.78 is 6.75. The molecule has 11 aromatic carbocycles. The lowest BCUT2D eigenvalue weighted by Gasteiger charge is -2.31. The average Bonchev–Trinajstić information content (AvgIpc) is 3.89. The first-order valence-electron chi connectivity index (χ1n) is 23.3. The van der Waals surface area contributed by atoms with Crippen LogP contribution in [0.4, 0.5) is 17.1 Å². The minimum absolute atomic E-state index is 0.137. The summed E-state index contributed by atoms with van der Waals surface area (Å²) in [5, 5.41) is 7.18. The van der Waals surface area contributed by atoms with E-state index in [9.17, 15) is 0 Å². The highest BCUT2D eigenvalue weighted by atomic mass is 16.3. The van der Waals surface area contributed by atoms with Crippen LogP contribution in [0, 0.1) is 0 Å². The third-order valence-electron chi connectivity index (χ3n) is 14.3. The highest BCUT2D eigenvalue weighted by Crippen LogP contribution is 2.53. The molecule has 2 nitrogen and oxygen atoms in total. The van der Waals surface area contributed by atoms with Gasteiger partial charge in [-0.1, -0.05) is 214 Å². The minimum Gasteiger partial charge on any atom is -0.455 e. The van der Waals surface area contributed by atoms with Crippen molar-refractivity contribution in [1.82, 2.24) is 0 Å². The predicted octanol–water partition coefficient (Wildman–Crippen LogP) is 18.3. The Balaban J connectivity index is 1.07. The number of furan rings is 1. The molecule has 0 amide bonds. The van der Waals surface area contributed by atoms with E-state index < -0.39 is 0 Å². The molecular weight excluding hydrogens is 811 g/mol. The molecule has 1 aromatic heterocycles. The van der Waals surface area contributed by atoms with E-state index in [1.165, 1.54) is 60.5 Å². The molecule has 0 saturated carbocycles. The monoisotopic (exact) mass is 855 g/mol. The standard InChI is InChI=1S/C65H45NO/c1-65(2)59-31-13-10-24-52(59)55-28-16-27-49(63(55)65)43-34-37-46(38-35-43)66(60-32-14-11-25-53(60)56-29-17-30-57-54-26-12-15-33-62(54)67-64(56)57)61-41-45(36-39-48(61)42-18-4-3-5-19-42)58-40-44-20-6-7-21-47(44)50-22-8-9-23-51(50)58/h3-41H,1-2H3. The molecule has 0 unspecified atom stereocenters. The molecule has 0 spiro atoms. The van der Waals surface area contributed by atoms with Gasteiger partial charge in [-0.2, -0.15) is 0 Å². The summed E-state index contributed by atoms with van der Waals surface area (Å²) in [4.78, 5) is 2.48. The molecule has 0 bridgehead atoms. The second-order valence-corrected chi connectivity index (χ2v) is 18.4. The summed E-state index contributed by atoms with van der Waals surface area (Å²) >= 11 is 0. The summed E-state index contributed by atoms with van der Waals surface area (Å²) in [6.45, 7) is 4.74. The van der Waals surface area contributed by atoms with Gasteiger partial charge in [-0.3, -0.25) is 0 Å². The molecule has 0 saturated heterocycles. The van der Waals surface area contributed by atoms with E-state index in [-0.39, 0.29) is 5.41 Å². The van der Waals surface area contributed by atoms with Crippen LogP contribution in [-0.2, 0) is 5.41 Å². The van der Waals surface area contributed by atoms with Crippen molar-refractivity contribution in [2.75, 3.05) is 4.90 Å². The summed E-state index contributed by atoms with van der Waals surface area (Å²) in [6.07, 6.45) is 0. The zero-order chi connectivity index (χ0) is 44.6. The van der Waals surface area contributed by atoms with Crippen molar-refractivity contribution in [3.8, 4) is 55.6 Å². The molecule has 2 heteroatoms. The maximum Gasteiger partial charge on any atom is 0.143 e. The molecule has 0 N–H and O–H groups in total. The zero-order valence-corrected chi connectivity index (χ0v) is 37.4. The smallest absolute Gasteiger partial charge is 0.143 e. The van der Waals surface area contributed by atoms with Gasteiger partial charge in [0.05, 0.1) is 11.4 Å². The molecule has 0 radical (unpaired) electrons. The first-order valence-corrected chi connectivity index (χ1v) is 23.3. The Bertz CT molecular complexity index is 3890. The van der Waals surface area contributed by atoms with Crippen molar-refractivity contribution >= 4 is 60.5 Å². The van der Waals surface area contributed by atoms with Gasteiger partial charge in [-0.05, 0) is 108 Å². The highest BCUT2D eigenvalue weighted by Gasteiger charge is 2.37. The predicted molar refractivity (Wildman–Crippen MR) is 283 cm³/mol. The normalized spacial score (nSPS) is 12.7. The highest BCUT2D eigenvalue weighted by molar-refractivity contribution is 6.15. The fourth-order valence-electron chi connectivity index (χ4n) is 11.2. The van der Waals surface area contributed by atoms with Crippen LogP contribution in [0.5, 0.6) is 0 Å². The SMILES string of the molecule is CC1(C)c2ccccc2-c2cccc(-c3ccc(N(c4cc(-c5cc6ccccc6c6ccccc56)ccc4-c4ccccc4)c4ccccc4-c4cccc5c4oc4ccccc45)cc3)c21. The topological polar surface area (TPSA) is 16.4 Å². The molecule has 316 valence electrons. The van der Waals surface area contributed by atoms with Gasteiger partial charge in [0.1, 0.15) is 11.2 Å². The Morgan fingerprint density at radius 3 is 1.79 bits per heavy atom. The van der Waals surface area contributed by atoms with Crippen LogP contribution >= 0.6 is 0 Å². The largest absolute Gasteiger partial charge is 0.455 e. The maximum absolute atomic E-state index is 6.75. The number of rotatable bonds is 7. The lowest BCUT2D eigenvalue weighted by Crippen LogP contribution is -2.16. The van der Waals surface area contributed by atoms with E-state index in [0.717, 1.165) is 66.8 Å². The number of benzene rings is 11. The third kappa shape index (κ3) is 6.18. The fourth-order valence-corrected chi connectivity index (χ4v) is 11.2. The second kappa shape index (κ2) is 15.3. The summed E-state index contributed by atoms with van der Waals surface area (Å²) in [5.74, 6) is 0. The number of anilines is 3. The summed E-state index contributed by atoms with van der Waals surface area (Å²) in [7, 11) is 0. The average molecular weight is 856 g/mol. The number of fused-ring (bicyclic) bond motifs is 9. The van der Waals surface area contributed by atoms with Gasteiger partial charge in [0, 0.05) is 38.6 Å². The van der Waals surface area contributed by atoms with Gasteiger partial charge in [-0.15, -0.1) is 0 Å². The van der Waals surface area contributed by atoms with Crippen molar-refractivity contribution in [1.29, 1.82) is 0 Å². The minimum atomic E-state index is -0.137. The summed E-state index contributed by atoms with van der Waals surface area (Å²) in [5.41, 5.74) is 19.5. The second-order valence-electron chi connectivity index (χ2n) is 18.4. The van der Waals surface area contributed by atoms with Crippen molar-refractivity contribution in [3.05, 3.63) is 248 Å². The van der Waals surface area contributed by atoms with Crippen molar-refractivity contribution in [2.24, 2.45) is 0 Å². The fraction of sp³-hybridized carbons (Fsp3) is 0.0462. The van der Waals surface area contributed by atoms with Crippen molar-refractivity contribution in [3.63, 3.8) is 0 Å². The van der Waals surface area contributed by atoms with E-state index in [0.29, 0.717) is 0 Å². The Morgan fingerprint density at radius 1 is 0.343 bits per heavy atom. The molecule has 1 aliphatic carbocycles. The van der Waals surface area contributed by atoms with Crippen LogP contribution in [0.3, 0.4) is 0 Å². The molecule has 1 heterocycles. The molecule has 13 rings (SSSR count). The van der Waals surface area contributed by atoms with Gasteiger partial charge < -0.3 is 9.32 Å². The molecule has 12 aromatic rings. The Labute approximate surface area is 390 Å². The molecule has 0 aliphatic heterocycles. The van der Waals surface area contributed by atoms with E-state index in [4.69, 9.17) is 4.42 Å². The third-order valence-corrected chi connectivity index (χ3v) is 14.3. The number of hydrogen-bond acceptors (Lipinski definition) is 2. The quantitative estimate of drug-likeness (QED) is 0.149. The Hall–Kier alpha value is -8.46. The lowest BCUT2D eigenvalue weighted by atomic mass is 9.79. The first kappa shape index (κ1) is 39.0. The van der Waals surface area contributed by atoms with Crippen molar-refractivity contribution < 1.29 is 4.42 Å². The zero-order valence-electron chi connectivity index (χ0n) is 37.4. The van der Waals surface area contributed by atoms with Crippen molar-refractivity contribution in [2.45, 2.75) is 19.3 Å². The van der Waals surface area contributed by atoms with Gasteiger partial charge >= 0.3 is 0 Å². The van der Waals surface area contributed by atoms with E-state index >= 15 is 0 Å². The summed E-state index contributed by atoms with van der Waals surface area (Å²) in [6, 6.07) is 86.5. The van der Waals surface area contributed by atoms with Crippen LogP contribution in [0.25, 0.3) is 99.1 Å². The van der Waals surface area contributed by atoms with Gasteiger partial charge in [-0.25, -0.2) is 0 Å². The van der Waals surface area contributed by atoms with E-state index in [1.807, 2.05) is 6.07 Å². The molecular formula is C65H45NO. The van der Waals surface area contributed by atoms with Gasteiger partial charge in [0.25, 0.3) is 0 Å². The van der Waals surface area contributed by atoms with Crippen LogP contribution < -0.4 is 4.90 Å². The Morgan fingerprint density at radius 2 is 0.940 bits per heavy atom. The van der Waals surface area contributed by atoms with Crippen LogP contribution in [0.15, 0.2) is 241 Å². The van der Waals surface area contributed by atoms with E-state index in [1.54, 1.807) is 0 Å². The molecule has 0 fully saturated rings. The van der Waals surface area contributed by atoms with Gasteiger partial charge in [0.2, 0.25) is 0 Å².